The minimum absolute atomic E-state index is 0.00856. The molecule has 2 N–H and O–H groups in total. The quantitative estimate of drug-likeness (QED) is 0.0567. The first-order valence-electron chi connectivity index (χ1n) is 24.9. The second-order valence-corrected chi connectivity index (χ2v) is 20.8. The molecule has 2 aliphatic rings. The number of likely N-dealkylation sites (tertiary alicyclic amines) is 2. The number of nitrogens with two attached hydrogens (primary N) is 1. The largest absolute Gasteiger partial charge is 0.488 e. The van der Waals surface area contributed by atoms with Gasteiger partial charge in [0, 0.05) is 86.7 Å². The topological polar surface area (TPSA) is 198 Å². The van der Waals surface area contributed by atoms with Crippen LogP contribution in [0.15, 0.2) is 36.7 Å². The number of nitrogens with zero attached hydrogens (tertiary/aromatic N) is 4. The van der Waals surface area contributed by atoms with Gasteiger partial charge < -0.3 is 34.5 Å². The third-order valence-electron chi connectivity index (χ3n) is 12.0. The van der Waals surface area contributed by atoms with Crippen molar-refractivity contribution in [3.63, 3.8) is 0 Å². The molecule has 15 nitrogen and oxygen atoms in total. The summed E-state index contributed by atoms with van der Waals surface area (Å²) in [4.78, 5) is 91.4. The number of hydrogen-bond donors (Lipinski definition) is 1. The smallest absolute Gasteiger partial charge is 0.416 e. The summed E-state index contributed by atoms with van der Waals surface area (Å²) < 4.78 is 111. The molecule has 5 rings (SSSR count). The Balaban J connectivity index is 1.50. The molecule has 21 heteroatoms. The van der Waals surface area contributed by atoms with Gasteiger partial charge in [0.2, 0.25) is 0 Å². The first-order chi connectivity index (χ1) is 34.5. The molecule has 0 bridgehead atoms. The van der Waals surface area contributed by atoms with E-state index in [1.54, 1.807) is 41.5 Å². The fourth-order valence-electron chi connectivity index (χ4n) is 8.46. The highest BCUT2D eigenvalue weighted by Crippen LogP contribution is 2.40. The van der Waals surface area contributed by atoms with Crippen LogP contribution in [0.4, 0.5) is 35.9 Å². The zero-order valence-electron chi connectivity index (χ0n) is 43.1. The lowest BCUT2D eigenvalue weighted by molar-refractivity contribution is -0.138. The Bertz CT molecular complexity index is 2350. The molecular formula is C53H67F6N5O10. The van der Waals surface area contributed by atoms with Crippen LogP contribution < -0.4 is 15.2 Å². The van der Waals surface area contributed by atoms with Crippen LogP contribution >= 0.6 is 0 Å². The number of rotatable bonds is 22. The Morgan fingerprint density at radius 3 is 1.31 bits per heavy atom. The Hall–Kier alpha value is -6.12. The van der Waals surface area contributed by atoms with E-state index in [-0.39, 0.29) is 91.4 Å². The van der Waals surface area contributed by atoms with Crippen LogP contribution in [-0.2, 0) is 57.1 Å². The zero-order chi connectivity index (χ0) is 54.8. The number of benzene rings is 2. The van der Waals surface area contributed by atoms with Crippen molar-refractivity contribution in [2.45, 2.75) is 168 Å². The first-order valence-corrected chi connectivity index (χ1v) is 24.9. The number of Topliss-reactive ketones (excluding diaryl/α,β-unsaturated/α-hetero) is 4. The average molecular weight is 1050 g/mol. The normalized spacial score (nSPS) is 16.3. The van der Waals surface area contributed by atoms with Crippen LogP contribution in [0, 0.1) is 0 Å². The number of hydrogen-bond acceptors (Lipinski definition) is 13. The standard InChI is InChI=1S/C53H67F6N5O10/c1-8-9-10-13-38(65)24-32-20-36(52(54,55)56)22-34(46(32)71-40-15-18-63(29-40)48(69)73-50(2,3)4)26-44(67)42-28-43(62-31-61-42)45(68)27-35-23-37(53(57,58)59)21-33(25-39(66)14-11-12-17-60)47(35)72-41-16-19-64(30-41)49(70)74-51(5,6)7/h20-23,28,31,40-41H,8-19,24-27,29-30,60H2,1-7H3/t40-,41-/m1/s1. The Morgan fingerprint density at radius 1 is 0.581 bits per heavy atom. The summed E-state index contributed by atoms with van der Waals surface area (Å²) in [6.07, 6.45) is -10.9. The summed E-state index contributed by atoms with van der Waals surface area (Å²) in [5, 5.41) is 0. The maximum Gasteiger partial charge on any atom is 0.416 e. The van der Waals surface area contributed by atoms with E-state index in [1.165, 1.54) is 9.80 Å². The molecule has 3 heterocycles. The van der Waals surface area contributed by atoms with E-state index in [2.05, 4.69) is 9.97 Å². The van der Waals surface area contributed by atoms with Gasteiger partial charge in [-0.25, -0.2) is 19.6 Å². The highest BCUT2D eigenvalue weighted by atomic mass is 19.4. The molecule has 2 aromatic carbocycles. The van der Waals surface area contributed by atoms with Gasteiger partial charge in [-0.2, -0.15) is 26.3 Å². The molecule has 2 atom stereocenters. The second kappa shape index (κ2) is 24.9. The van der Waals surface area contributed by atoms with E-state index in [1.807, 2.05) is 6.92 Å². The number of alkyl halides is 6. The maximum absolute atomic E-state index is 14.6. The van der Waals surface area contributed by atoms with E-state index in [4.69, 9.17) is 24.7 Å². The maximum atomic E-state index is 14.6. The van der Waals surface area contributed by atoms with Gasteiger partial charge in [-0.15, -0.1) is 0 Å². The third-order valence-corrected chi connectivity index (χ3v) is 12.0. The predicted molar refractivity (Wildman–Crippen MR) is 259 cm³/mol. The van der Waals surface area contributed by atoms with E-state index in [0.29, 0.717) is 32.2 Å². The lowest BCUT2D eigenvalue weighted by Crippen LogP contribution is -2.36. The van der Waals surface area contributed by atoms with Crippen molar-refractivity contribution in [2.24, 2.45) is 5.73 Å². The number of carbonyl (C=O) groups excluding carboxylic acids is 6. The van der Waals surface area contributed by atoms with Crippen LogP contribution in [0.3, 0.4) is 0 Å². The first kappa shape index (κ1) is 58.8. The van der Waals surface area contributed by atoms with Crippen molar-refractivity contribution < 1.29 is 74.1 Å². The van der Waals surface area contributed by atoms with Crippen molar-refractivity contribution in [3.8, 4) is 11.5 Å². The monoisotopic (exact) mass is 1050 g/mol. The van der Waals surface area contributed by atoms with Crippen molar-refractivity contribution in [1.82, 2.24) is 19.8 Å². The Labute approximate surface area is 427 Å². The van der Waals surface area contributed by atoms with Crippen LogP contribution in [0.1, 0.15) is 161 Å². The lowest BCUT2D eigenvalue weighted by atomic mass is 9.94. The molecule has 2 fully saturated rings. The van der Waals surface area contributed by atoms with E-state index in [0.717, 1.165) is 43.1 Å². The van der Waals surface area contributed by atoms with Gasteiger partial charge in [-0.05, 0) is 97.7 Å². The molecule has 0 radical (unpaired) electrons. The predicted octanol–water partition coefficient (Wildman–Crippen LogP) is 10.1. The molecule has 2 aliphatic heterocycles. The average Bonchev–Trinajstić information content (AvgIpc) is 3.97. The van der Waals surface area contributed by atoms with Crippen molar-refractivity contribution in [3.05, 3.63) is 81.4 Å². The van der Waals surface area contributed by atoms with Gasteiger partial charge in [-0.3, -0.25) is 19.2 Å². The summed E-state index contributed by atoms with van der Waals surface area (Å²) in [6, 6.07) is 4.02. The molecule has 3 aromatic rings. The van der Waals surface area contributed by atoms with Crippen molar-refractivity contribution >= 4 is 35.3 Å². The molecule has 1 aromatic heterocycles. The molecular weight excluding hydrogens is 981 g/mol. The minimum Gasteiger partial charge on any atom is -0.488 e. The van der Waals surface area contributed by atoms with Crippen LogP contribution in [-0.4, -0.2) is 111 Å². The van der Waals surface area contributed by atoms with Crippen LogP contribution in [0.5, 0.6) is 11.5 Å². The summed E-state index contributed by atoms with van der Waals surface area (Å²) in [5.74, 6) is -2.90. The number of halogens is 6. The van der Waals surface area contributed by atoms with Crippen molar-refractivity contribution in [1.29, 1.82) is 0 Å². The lowest BCUT2D eigenvalue weighted by Gasteiger charge is -2.25. The second-order valence-electron chi connectivity index (χ2n) is 20.8. The summed E-state index contributed by atoms with van der Waals surface area (Å²) in [7, 11) is 0. The van der Waals surface area contributed by atoms with Crippen LogP contribution in [0.25, 0.3) is 0 Å². The van der Waals surface area contributed by atoms with E-state index in [9.17, 15) is 55.1 Å². The fourth-order valence-corrected chi connectivity index (χ4v) is 8.46. The molecule has 0 saturated carbocycles. The third kappa shape index (κ3) is 17.5. The van der Waals surface area contributed by atoms with Gasteiger partial charge in [0.15, 0.2) is 11.6 Å². The number of ether oxygens (including phenoxy) is 4. The number of ketones is 4. The summed E-state index contributed by atoms with van der Waals surface area (Å²) in [6.45, 7) is 12.7. The number of unbranched alkanes of at least 4 members (excludes halogenated alkanes) is 3. The fraction of sp³-hybridized carbons (Fsp3) is 0.585. The van der Waals surface area contributed by atoms with Gasteiger partial charge in [0.1, 0.15) is 64.2 Å². The molecule has 0 aliphatic carbocycles. The number of carbonyl (C=O) groups is 6. The molecule has 406 valence electrons. The van der Waals surface area contributed by atoms with Gasteiger partial charge in [0.25, 0.3) is 0 Å². The van der Waals surface area contributed by atoms with Crippen LogP contribution in [0.2, 0.25) is 0 Å². The number of amides is 2. The van der Waals surface area contributed by atoms with Gasteiger partial charge in [0.05, 0.1) is 24.2 Å². The summed E-state index contributed by atoms with van der Waals surface area (Å²) >= 11 is 0. The molecule has 2 amide bonds. The van der Waals surface area contributed by atoms with Gasteiger partial charge >= 0.3 is 24.5 Å². The highest BCUT2D eigenvalue weighted by molar-refractivity contribution is 6.01. The SMILES string of the molecule is CCCCCC(=O)Cc1cc(C(F)(F)F)cc(CC(=O)c2cc(C(=O)Cc3cc(C(F)(F)F)cc(CC(=O)CCCCN)c3O[C@@H]3CCN(C(=O)OC(C)(C)C)C3)ncn2)c1O[C@@H]1CCN(C(=O)OC(C)(C)C)C1. The van der Waals surface area contributed by atoms with Crippen molar-refractivity contribution in [2.75, 3.05) is 32.7 Å². The number of aromatic nitrogens is 2. The molecule has 2 saturated heterocycles. The highest BCUT2D eigenvalue weighted by Gasteiger charge is 2.38. The molecule has 0 unspecified atom stereocenters. The minimum atomic E-state index is -4.94. The zero-order valence-corrected chi connectivity index (χ0v) is 43.1. The van der Waals surface area contributed by atoms with E-state index < -0.39 is 113 Å². The molecule has 0 spiro atoms. The Morgan fingerprint density at radius 2 is 0.959 bits per heavy atom. The molecule has 74 heavy (non-hydrogen) atoms. The van der Waals surface area contributed by atoms with Gasteiger partial charge in [-0.1, -0.05) is 19.8 Å². The Kier molecular flexibility index (Phi) is 19.8. The summed E-state index contributed by atoms with van der Waals surface area (Å²) in [5.41, 5.74) is -0.0386. The van der Waals surface area contributed by atoms with E-state index >= 15 is 0 Å².